The van der Waals surface area contributed by atoms with Crippen LogP contribution >= 0.6 is 0 Å². The van der Waals surface area contributed by atoms with Crippen molar-refractivity contribution in [3.05, 3.63) is 71.8 Å². The topological polar surface area (TPSA) is 243 Å². The van der Waals surface area contributed by atoms with E-state index in [-0.39, 0.29) is 41.7 Å². The molecule has 274 valence electrons. The van der Waals surface area contributed by atoms with Crippen molar-refractivity contribution >= 4 is 58.1 Å². The number of carboxylic acid groups (broad SMARTS) is 4. The average molecular weight is 722 g/mol. The van der Waals surface area contributed by atoms with Crippen LogP contribution in [0, 0.1) is 6.92 Å². The van der Waals surface area contributed by atoms with Crippen LogP contribution in [0.3, 0.4) is 0 Å². The van der Waals surface area contributed by atoms with Gasteiger partial charge in [0.05, 0.1) is 16.9 Å². The lowest BCUT2D eigenvalue weighted by atomic mass is 10.1. The number of carboxylic acids is 4. The molecule has 0 aliphatic rings. The van der Waals surface area contributed by atoms with Crippen molar-refractivity contribution in [3.8, 4) is 22.8 Å². The maximum absolute atomic E-state index is 12.4. The molecule has 1 heterocycles. The second-order valence-corrected chi connectivity index (χ2v) is 11.3. The van der Waals surface area contributed by atoms with Crippen molar-refractivity contribution in [2.45, 2.75) is 13.8 Å². The van der Waals surface area contributed by atoms with Gasteiger partial charge in [0.25, 0.3) is 0 Å². The molecule has 17 heteroatoms. The molecule has 0 atom stereocenters. The second kappa shape index (κ2) is 17.2. The molecule has 0 radical (unpaired) electrons. The first-order valence-corrected chi connectivity index (χ1v) is 15.5. The minimum Gasteiger partial charge on any atom is -0.488 e. The summed E-state index contributed by atoms with van der Waals surface area (Å²) in [6.45, 7) is -0.384. The Morgan fingerprint density at radius 2 is 1.19 bits per heavy atom. The number of aliphatic carboxylic acids is 4. The first-order valence-electron chi connectivity index (χ1n) is 15.5. The molecule has 4 rings (SSSR count). The van der Waals surface area contributed by atoms with Gasteiger partial charge < -0.3 is 54.2 Å². The third kappa shape index (κ3) is 10.6. The van der Waals surface area contributed by atoms with Gasteiger partial charge in [-0.25, -0.2) is 4.79 Å². The Morgan fingerprint density at radius 3 is 1.73 bits per heavy atom. The molecule has 5 N–H and O–H groups in total. The predicted octanol–water partition coefficient (Wildman–Crippen LogP) is 3.23. The summed E-state index contributed by atoms with van der Waals surface area (Å²) < 4.78 is 21.6. The van der Waals surface area contributed by atoms with Crippen molar-refractivity contribution in [1.82, 2.24) is 4.98 Å². The second-order valence-electron chi connectivity index (χ2n) is 11.3. The van der Waals surface area contributed by atoms with Gasteiger partial charge in [0.1, 0.15) is 50.9 Å². The Bertz CT molecular complexity index is 1960. The number of hydrogen-bond acceptors (Lipinski definition) is 12. The molecule has 1 aromatic heterocycles. The van der Waals surface area contributed by atoms with Gasteiger partial charge in [-0.1, -0.05) is 18.2 Å². The standard InChI is InChI=1S/C35H35N3O14/c1-20-3-7-27(37(15-31(40)41)16-32(42)43)29(11-20)49-9-10-50-30-14-23(6-8-28(30)38(17-33(44)45)18-34(46)47)25-12-22-4-5-24(13-26(22)36-25)35(48)52-19-51-21(2)39/h3-8,11-14,36H,9-10,15-19H2,1-2H3,(H,40,41)(H,42,43)(H,44,45)(H,46,47). The van der Waals surface area contributed by atoms with Crippen LogP contribution in [-0.2, 0) is 33.4 Å². The number of nitrogens with zero attached hydrogens (tertiary/aromatic N) is 2. The van der Waals surface area contributed by atoms with Gasteiger partial charge >= 0.3 is 35.8 Å². The van der Waals surface area contributed by atoms with Crippen LogP contribution in [0.4, 0.5) is 11.4 Å². The first-order chi connectivity index (χ1) is 24.7. The number of aryl methyl sites for hydroxylation is 1. The monoisotopic (exact) mass is 721 g/mol. The maximum atomic E-state index is 12.4. The number of ether oxygens (including phenoxy) is 4. The minimum atomic E-state index is -1.28. The van der Waals surface area contributed by atoms with Crippen molar-refractivity contribution in [3.63, 3.8) is 0 Å². The molecule has 4 aromatic rings. The summed E-state index contributed by atoms with van der Waals surface area (Å²) in [6.07, 6.45) is 0. The van der Waals surface area contributed by atoms with Gasteiger partial charge in [0.2, 0.25) is 6.79 Å². The summed E-state index contributed by atoms with van der Waals surface area (Å²) >= 11 is 0. The van der Waals surface area contributed by atoms with E-state index in [4.69, 9.17) is 14.2 Å². The third-order valence-corrected chi connectivity index (χ3v) is 7.28. The molecule has 0 amide bonds. The Hall–Kier alpha value is -6.78. The number of aromatic nitrogens is 1. The van der Waals surface area contributed by atoms with Gasteiger partial charge in [-0.15, -0.1) is 0 Å². The summed E-state index contributed by atoms with van der Waals surface area (Å²) in [7, 11) is 0. The summed E-state index contributed by atoms with van der Waals surface area (Å²) in [5, 5.41) is 38.4. The van der Waals surface area contributed by atoms with Gasteiger partial charge in [0.15, 0.2) is 0 Å². The highest BCUT2D eigenvalue weighted by molar-refractivity contribution is 5.96. The van der Waals surface area contributed by atoms with E-state index in [1.165, 1.54) is 19.1 Å². The molecule has 0 unspecified atom stereocenters. The number of nitrogens with one attached hydrogen (secondary N) is 1. The predicted molar refractivity (Wildman–Crippen MR) is 183 cm³/mol. The van der Waals surface area contributed by atoms with Crippen LogP contribution < -0.4 is 19.3 Å². The molecule has 0 aliphatic carbocycles. The van der Waals surface area contributed by atoms with Gasteiger partial charge in [-0.2, -0.15) is 0 Å². The van der Waals surface area contributed by atoms with E-state index >= 15 is 0 Å². The molecular weight excluding hydrogens is 686 g/mol. The van der Waals surface area contributed by atoms with E-state index in [0.717, 1.165) is 20.7 Å². The van der Waals surface area contributed by atoms with Gasteiger partial charge in [-0.3, -0.25) is 24.0 Å². The van der Waals surface area contributed by atoms with E-state index in [1.807, 2.05) is 0 Å². The van der Waals surface area contributed by atoms with E-state index in [2.05, 4.69) is 9.72 Å². The normalized spacial score (nSPS) is 10.7. The fraction of sp³-hybridized carbons (Fsp3) is 0.257. The van der Waals surface area contributed by atoms with Crippen LogP contribution in [0.15, 0.2) is 60.7 Å². The summed E-state index contributed by atoms with van der Waals surface area (Å²) in [5.74, 6) is -6.06. The fourth-order valence-corrected chi connectivity index (χ4v) is 5.12. The zero-order valence-corrected chi connectivity index (χ0v) is 28.0. The molecule has 17 nitrogen and oxygen atoms in total. The number of carbonyl (C=O) groups excluding carboxylic acids is 2. The number of benzene rings is 3. The SMILES string of the molecule is CC(=O)OCOC(=O)c1ccc2cc(-c3ccc(N(CC(=O)O)CC(=O)O)c(OCCOc4cc(C)ccc4N(CC(=O)O)CC(=O)O)c3)[nH]c2c1. The Kier molecular flexibility index (Phi) is 12.6. The van der Waals surface area contributed by atoms with Crippen molar-refractivity contribution in [2.75, 3.05) is 56.0 Å². The average Bonchev–Trinajstić information content (AvgIpc) is 3.49. The smallest absolute Gasteiger partial charge is 0.341 e. The summed E-state index contributed by atoms with van der Waals surface area (Å²) in [4.78, 5) is 75.0. The van der Waals surface area contributed by atoms with Crippen LogP contribution in [0.25, 0.3) is 22.2 Å². The molecule has 0 aliphatic heterocycles. The zero-order valence-electron chi connectivity index (χ0n) is 28.0. The third-order valence-electron chi connectivity index (χ3n) is 7.28. The molecule has 0 bridgehead atoms. The molecule has 52 heavy (non-hydrogen) atoms. The Balaban J connectivity index is 1.61. The molecule has 0 saturated carbocycles. The van der Waals surface area contributed by atoms with Crippen molar-refractivity contribution < 1.29 is 68.1 Å². The van der Waals surface area contributed by atoms with Crippen LogP contribution in [0.5, 0.6) is 11.5 Å². The van der Waals surface area contributed by atoms with Gasteiger partial charge in [0, 0.05) is 29.1 Å². The molecule has 3 aromatic carbocycles. The van der Waals surface area contributed by atoms with Crippen LogP contribution in [0.2, 0.25) is 0 Å². The number of anilines is 2. The highest BCUT2D eigenvalue weighted by Gasteiger charge is 2.21. The zero-order chi connectivity index (χ0) is 37.9. The molecule has 0 spiro atoms. The summed E-state index contributed by atoms with van der Waals surface area (Å²) in [6, 6.07) is 16.1. The maximum Gasteiger partial charge on any atom is 0.341 e. The van der Waals surface area contributed by atoms with Crippen molar-refractivity contribution in [2.24, 2.45) is 0 Å². The fourth-order valence-electron chi connectivity index (χ4n) is 5.12. The summed E-state index contributed by atoms with van der Waals surface area (Å²) in [5.41, 5.74) is 3.01. The molecular formula is C35H35N3O14. The molecule has 0 saturated heterocycles. The number of carbonyl (C=O) groups is 6. The number of H-pyrrole nitrogens is 1. The van der Waals surface area contributed by atoms with Crippen LogP contribution in [0.1, 0.15) is 22.8 Å². The highest BCUT2D eigenvalue weighted by atomic mass is 16.7. The number of aromatic amines is 1. The Labute approximate surface area is 295 Å². The lowest BCUT2D eigenvalue weighted by Crippen LogP contribution is -2.35. The Morgan fingerprint density at radius 1 is 0.654 bits per heavy atom. The van der Waals surface area contributed by atoms with E-state index in [1.54, 1.807) is 55.5 Å². The van der Waals surface area contributed by atoms with E-state index < -0.39 is 68.8 Å². The van der Waals surface area contributed by atoms with Crippen molar-refractivity contribution in [1.29, 1.82) is 0 Å². The highest BCUT2D eigenvalue weighted by Crippen LogP contribution is 2.35. The lowest BCUT2D eigenvalue weighted by Gasteiger charge is -2.25. The number of esters is 2. The van der Waals surface area contributed by atoms with Gasteiger partial charge in [-0.05, 0) is 55.0 Å². The number of fused-ring (bicyclic) bond motifs is 1. The van der Waals surface area contributed by atoms with E-state index in [0.29, 0.717) is 16.8 Å². The molecule has 0 fully saturated rings. The lowest BCUT2D eigenvalue weighted by molar-refractivity contribution is -0.149. The quantitative estimate of drug-likeness (QED) is 0.0530. The minimum absolute atomic E-state index is 0.111. The number of rotatable bonds is 19. The first kappa shape index (κ1) is 38.0. The largest absolute Gasteiger partial charge is 0.488 e. The van der Waals surface area contributed by atoms with E-state index in [9.17, 15) is 49.2 Å². The number of hydrogen-bond donors (Lipinski definition) is 5. The van der Waals surface area contributed by atoms with Crippen LogP contribution in [-0.4, -0.2) is 107 Å².